The number of carbonyl (C=O) groups excluding carboxylic acids is 3. The minimum Gasteiger partial charge on any atom is -0.508 e. The number of carboxylic acids is 1. The Labute approximate surface area is 198 Å². The second-order valence-corrected chi connectivity index (χ2v) is 8.73. The average molecular weight is 483 g/mol. The smallest absolute Gasteiger partial charge is 0.326 e. The number of hydrogen-bond acceptors (Lipinski definition) is 7. The topological polar surface area (TPSA) is 171 Å². The fraction of sp³-hybridized carbons (Fsp3) is 0.545. The molecule has 0 heterocycles. The van der Waals surface area contributed by atoms with E-state index in [1.807, 2.05) is 13.2 Å². The van der Waals surface area contributed by atoms with E-state index in [9.17, 15) is 29.4 Å². The van der Waals surface area contributed by atoms with E-state index in [0.29, 0.717) is 24.2 Å². The van der Waals surface area contributed by atoms with Gasteiger partial charge in [0, 0.05) is 6.42 Å². The normalized spacial score (nSPS) is 14.4. The standard InChI is InChI=1S/C22H34N4O6S/c1-4-13(2)19(26-20(29)16(9-10-33-3)24-18(28)12-23)21(30)25-17(22(31)32)11-14-5-7-15(27)8-6-14/h5-8,13,16-17,19,27H,4,9-12,23H2,1-3H3,(H,24,28)(H,25,30)(H,26,29)(H,31,32). The SMILES string of the molecule is CCC(C)C(NC(=O)C(CCSC)NC(=O)CN)C(=O)NC(Cc1ccc(O)cc1)C(=O)O. The van der Waals surface area contributed by atoms with E-state index in [-0.39, 0.29) is 24.6 Å². The summed E-state index contributed by atoms with van der Waals surface area (Å²) in [6.45, 7) is 3.36. The van der Waals surface area contributed by atoms with Crippen LogP contribution in [0.5, 0.6) is 5.75 Å². The number of rotatable bonds is 14. The molecule has 184 valence electrons. The molecule has 1 aromatic carbocycles. The Morgan fingerprint density at radius 1 is 1.03 bits per heavy atom. The predicted octanol–water partition coefficient (Wildman–Crippen LogP) is 0.232. The van der Waals surface area contributed by atoms with Crippen LogP contribution >= 0.6 is 11.8 Å². The third kappa shape index (κ3) is 9.70. The summed E-state index contributed by atoms with van der Waals surface area (Å²) in [7, 11) is 0. The first-order valence-corrected chi connectivity index (χ1v) is 12.1. The van der Waals surface area contributed by atoms with Crippen LogP contribution in [-0.2, 0) is 25.6 Å². The summed E-state index contributed by atoms with van der Waals surface area (Å²) in [5, 5.41) is 26.7. The summed E-state index contributed by atoms with van der Waals surface area (Å²) >= 11 is 1.51. The quantitative estimate of drug-likeness (QED) is 0.219. The number of hydrogen-bond donors (Lipinski definition) is 6. The fourth-order valence-electron chi connectivity index (χ4n) is 3.04. The highest BCUT2D eigenvalue weighted by Crippen LogP contribution is 2.13. The Morgan fingerprint density at radius 2 is 1.67 bits per heavy atom. The molecule has 10 nitrogen and oxygen atoms in total. The van der Waals surface area contributed by atoms with E-state index in [2.05, 4.69) is 16.0 Å². The lowest BCUT2D eigenvalue weighted by Crippen LogP contribution is -2.58. The summed E-state index contributed by atoms with van der Waals surface area (Å²) in [5.41, 5.74) is 5.96. The van der Waals surface area contributed by atoms with Crippen LogP contribution in [0.25, 0.3) is 0 Å². The zero-order valence-corrected chi connectivity index (χ0v) is 20.0. The van der Waals surface area contributed by atoms with E-state index in [4.69, 9.17) is 5.73 Å². The van der Waals surface area contributed by atoms with E-state index >= 15 is 0 Å². The Kier molecular flexibility index (Phi) is 12.3. The monoisotopic (exact) mass is 482 g/mol. The van der Waals surface area contributed by atoms with E-state index in [0.717, 1.165) is 0 Å². The van der Waals surface area contributed by atoms with Crippen LogP contribution in [0.15, 0.2) is 24.3 Å². The molecule has 0 aromatic heterocycles. The van der Waals surface area contributed by atoms with Crippen molar-refractivity contribution >= 4 is 35.5 Å². The first-order chi connectivity index (χ1) is 15.6. The van der Waals surface area contributed by atoms with Crippen LogP contribution in [-0.4, -0.2) is 70.6 Å². The van der Waals surface area contributed by atoms with Crippen LogP contribution in [0, 0.1) is 5.92 Å². The van der Waals surface area contributed by atoms with Crippen LogP contribution in [0.2, 0.25) is 0 Å². The van der Waals surface area contributed by atoms with Crippen molar-refractivity contribution in [2.24, 2.45) is 11.7 Å². The van der Waals surface area contributed by atoms with Crippen LogP contribution in [0.1, 0.15) is 32.3 Å². The fourth-order valence-corrected chi connectivity index (χ4v) is 3.51. The highest BCUT2D eigenvalue weighted by Gasteiger charge is 2.32. The van der Waals surface area contributed by atoms with Gasteiger partial charge in [-0.15, -0.1) is 0 Å². The summed E-state index contributed by atoms with van der Waals surface area (Å²) in [4.78, 5) is 49.4. The number of phenols is 1. The molecule has 4 atom stereocenters. The summed E-state index contributed by atoms with van der Waals surface area (Å²) < 4.78 is 0. The van der Waals surface area contributed by atoms with Gasteiger partial charge in [0.2, 0.25) is 17.7 Å². The van der Waals surface area contributed by atoms with Gasteiger partial charge in [-0.25, -0.2) is 4.79 Å². The maximum Gasteiger partial charge on any atom is 0.326 e. The molecule has 7 N–H and O–H groups in total. The van der Waals surface area contributed by atoms with Gasteiger partial charge in [0.25, 0.3) is 0 Å². The minimum absolute atomic E-state index is 0.00539. The number of benzene rings is 1. The van der Waals surface area contributed by atoms with Crippen molar-refractivity contribution in [1.82, 2.24) is 16.0 Å². The van der Waals surface area contributed by atoms with E-state index < -0.39 is 41.8 Å². The van der Waals surface area contributed by atoms with Gasteiger partial charge in [-0.1, -0.05) is 32.4 Å². The van der Waals surface area contributed by atoms with Crippen LogP contribution in [0.4, 0.5) is 0 Å². The molecule has 4 unspecified atom stereocenters. The van der Waals surface area contributed by atoms with Crippen molar-refractivity contribution in [3.05, 3.63) is 29.8 Å². The first-order valence-electron chi connectivity index (χ1n) is 10.7. The van der Waals surface area contributed by atoms with E-state index in [1.165, 1.54) is 23.9 Å². The summed E-state index contributed by atoms with van der Waals surface area (Å²) in [6.07, 6.45) is 2.78. The number of nitrogens with one attached hydrogen (secondary N) is 3. The van der Waals surface area contributed by atoms with Gasteiger partial charge < -0.3 is 31.9 Å². The molecule has 0 aliphatic rings. The van der Waals surface area contributed by atoms with Gasteiger partial charge in [0.1, 0.15) is 23.9 Å². The van der Waals surface area contributed by atoms with Crippen molar-refractivity contribution in [2.45, 2.75) is 51.2 Å². The molecule has 33 heavy (non-hydrogen) atoms. The summed E-state index contributed by atoms with van der Waals surface area (Å²) in [5.74, 6) is -2.50. The number of carboxylic acid groups (broad SMARTS) is 1. The van der Waals surface area contributed by atoms with Gasteiger partial charge in [0.15, 0.2) is 0 Å². The number of amides is 3. The zero-order valence-electron chi connectivity index (χ0n) is 19.2. The number of nitrogens with two attached hydrogens (primary N) is 1. The number of phenolic OH excluding ortho intramolecular Hbond substituents is 1. The van der Waals surface area contributed by atoms with Crippen LogP contribution in [0.3, 0.4) is 0 Å². The lowest BCUT2D eigenvalue weighted by molar-refractivity contribution is -0.142. The maximum atomic E-state index is 13.0. The number of aromatic hydroxyl groups is 1. The first kappa shape index (κ1) is 28.2. The molecule has 0 saturated heterocycles. The molecule has 1 aromatic rings. The number of thioether (sulfide) groups is 1. The molecule has 0 saturated carbocycles. The summed E-state index contributed by atoms with van der Waals surface area (Å²) in [6, 6.07) is 2.93. The Bertz CT molecular complexity index is 805. The predicted molar refractivity (Wildman–Crippen MR) is 127 cm³/mol. The molecule has 0 spiro atoms. The van der Waals surface area contributed by atoms with Crippen molar-refractivity contribution in [3.8, 4) is 5.75 Å². The van der Waals surface area contributed by atoms with Crippen molar-refractivity contribution in [3.63, 3.8) is 0 Å². The molecule has 1 rings (SSSR count). The van der Waals surface area contributed by atoms with Crippen molar-refractivity contribution in [1.29, 1.82) is 0 Å². The molecule has 0 fully saturated rings. The lowest BCUT2D eigenvalue weighted by atomic mass is 9.96. The molecule has 0 aliphatic carbocycles. The van der Waals surface area contributed by atoms with Gasteiger partial charge in [-0.2, -0.15) is 11.8 Å². The van der Waals surface area contributed by atoms with Gasteiger partial charge in [-0.05, 0) is 42.0 Å². The Balaban J connectivity index is 2.98. The maximum absolute atomic E-state index is 13.0. The highest BCUT2D eigenvalue weighted by molar-refractivity contribution is 7.98. The second kappa shape index (κ2) is 14.4. The van der Waals surface area contributed by atoms with Crippen molar-refractivity contribution in [2.75, 3.05) is 18.6 Å². The largest absolute Gasteiger partial charge is 0.508 e. The molecular formula is C22H34N4O6S. The number of aliphatic carboxylic acids is 1. The molecule has 3 amide bonds. The average Bonchev–Trinajstić information content (AvgIpc) is 2.79. The second-order valence-electron chi connectivity index (χ2n) is 7.75. The van der Waals surface area contributed by atoms with Crippen molar-refractivity contribution < 1.29 is 29.4 Å². The molecule has 0 radical (unpaired) electrons. The minimum atomic E-state index is -1.23. The van der Waals surface area contributed by atoms with Gasteiger partial charge in [0.05, 0.1) is 6.54 Å². The molecule has 0 bridgehead atoms. The van der Waals surface area contributed by atoms with Gasteiger partial charge in [-0.3, -0.25) is 14.4 Å². The third-order valence-electron chi connectivity index (χ3n) is 5.23. The number of carbonyl (C=O) groups is 4. The zero-order chi connectivity index (χ0) is 25.0. The Morgan fingerprint density at radius 3 is 2.18 bits per heavy atom. The third-order valence-corrected chi connectivity index (χ3v) is 5.88. The molecule has 11 heteroatoms. The van der Waals surface area contributed by atoms with Gasteiger partial charge >= 0.3 is 5.97 Å². The highest BCUT2D eigenvalue weighted by atomic mass is 32.2. The Hall–Kier alpha value is -2.79. The lowest BCUT2D eigenvalue weighted by Gasteiger charge is -2.27. The van der Waals surface area contributed by atoms with Crippen LogP contribution < -0.4 is 21.7 Å². The molecule has 0 aliphatic heterocycles. The van der Waals surface area contributed by atoms with E-state index in [1.54, 1.807) is 19.1 Å². The molecular weight excluding hydrogens is 448 g/mol.